The van der Waals surface area contributed by atoms with Gasteiger partial charge in [-0.3, -0.25) is 9.69 Å². The topological polar surface area (TPSA) is 32.3 Å². The van der Waals surface area contributed by atoms with Crippen LogP contribution in [0.3, 0.4) is 0 Å². The van der Waals surface area contributed by atoms with Gasteiger partial charge in [-0.25, -0.2) is 0 Å². The van der Waals surface area contributed by atoms with Gasteiger partial charge in [0.1, 0.15) is 0 Å². The number of fused-ring (bicyclic) bond motifs is 1. The summed E-state index contributed by atoms with van der Waals surface area (Å²) in [6, 6.07) is 22.1. The van der Waals surface area contributed by atoms with Crippen LogP contribution in [0, 0.1) is 5.92 Å². The van der Waals surface area contributed by atoms with Gasteiger partial charge >= 0.3 is 0 Å². The van der Waals surface area contributed by atoms with Gasteiger partial charge in [0.2, 0.25) is 0 Å². The number of hydrogen-bond donors (Lipinski definition) is 1. The van der Waals surface area contributed by atoms with Crippen molar-refractivity contribution in [2.75, 3.05) is 18.4 Å². The molecule has 1 N–H and O–H groups in total. The molecule has 1 fully saturated rings. The summed E-state index contributed by atoms with van der Waals surface area (Å²) in [6.45, 7) is 5.64. The second-order valence-electron chi connectivity index (χ2n) is 7.66. The zero-order chi connectivity index (χ0) is 18.6. The molecule has 1 atom stereocenters. The maximum atomic E-state index is 12.7. The van der Waals surface area contributed by atoms with Crippen LogP contribution in [0.4, 0.5) is 5.69 Å². The Morgan fingerprint density at radius 3 is 2.63 bits per heavy atom. The van der Waals surface area contributed by atoms with Gasteiger partial charge in [-0.2, -0.15) is 0 Å². The zero-order valence-corrected chi connectivity index (χ0v) is 15.8. The zero-order valence-electron chi connectivity index (χ0n) is 15.8. The van der Waals surface area contributed by atoms with E-state index in [0.29, 0.717) is 5.56 Å². The first-order valence-corrected chi connectivity index (χ1v) is 9.79. The predicted octanol–water partition coefficient (Wildman–Crippen LogP) is 5.32. The van der Waals surface area contributed by atoms with E-state index in [2.05, 4.69) is 41.4 Å². The van der Waals surface area contributed by atoms with Crippen molar-refractivity contribution in [2.24, 2.45) is 5.92 Å². The lowest BCUT2D eigenvalue weighted by Crippen LogP contribution is -2.33. The molecule has 1 aliphatic heterocycles. The highest BCUT2D eigenvalue weighted by Gasteiger charge is 2.16. The third-order valence-corrected chi connectivity index (χ3v) is 5.40. The largest absolute Gasteiger partial charge is 0.321 e. The molecule has 0 spiro atoms. The van der Waals surface area contributed by atoms with E-state index in [9.17, 15) is 4.79 Å². The van der Waals surface area contributed by atoms with E-state index in [-0.39, 0.29) is 5.91 Å². The fraction of sp³-hybridized carbons (Fsp3) is 0.292. The number of hydrogen-bond acceptors (Lipinski definition) is 2. The van der Waals surface area contributed by atoms with E-state index < -0.39 is 0 Å². The van der Waals surface area contributed by atoms with Crippen LogP contribution in [-0.2, 0) is 6.54 Å². The Hall–Kier alpha value is -2.65. The molecule has 0 aromatic heterocycles. The van der Waals surface area contributed by atoms with E-state index in [1.807, 2.05) is 42.5 Å². The Bertz CT molecular complexity index is 927. The molecule has 3 aromatic carbocycles. The molecule has 3 nitrogen and oxygen atoms in total. The standard InChI is InChI=1S/C24H26N2O/c1-18-6-5-15-26(16-18)17-19-11-13-21(14-12-19)24(27)25-23-10-4-8-20-7-2-3-9-22(20)23/h2-4,7-14,18H,5-6,15-17H2,1H3,(H,25,27)/t18-/m1/s1. The van der Waals surface area contributed by atoms with Crippen LogP contribution in [0.1, 0.15) is 35.7 Å². The lowest BCUT2D eigenvalue weighted by atomic mass is 9.99. The van der Waals surface area contributed by atoms with E-state index in [1.54, 1.807) is 0 Å². The van der Waals surface area contributed by atoms with Gasteiger partial charge in [-0.05, 0) is 54.5 Å². The quantitative estimate of drug-likeness (QED) is 0.684. The van der Waals surface area contributed by atoms with Crippen LogP contribution in [0.15, 0.2) is 66.7 Å². The van der Waals surface area contributed by atoms with Gasteiger partial charge in [-0.15, -0.1) is 0 Å². The number of piperidine rings is 1. The molecule has 3 heteroatoms. The van der Waals surface area contributed by atoms with E-state index >= 15 is 0 Å². The molecular weight excluding hydrogens is 332 g/mol. The molecule has 0 unspecified atom stereocenters. The predicted molar refractivity (Wildman–Crippen MR) is 112 cm³/mol. The van der Waals surface area contributed by atoms with Crippen LogP contribution < -0.4 is 5.32 Å². The highest BCUT2D eigenvalue weighted by molar-refractivity contribution is 6.09. The van der Waals surface area contributed by atoms with Crippen molar-refractivity contribution in [3.05, 3.63) is 77.9 Å². The van der Waals surface area contributed by atoms with Crippen molar-refractivity contribution in [1.29, 1.82) is 0 Å². The Balaban J connectivity index is 1.44. The summed E-state index contributed by atoms with van der Waals surface area (Å²) in [5.41, 5.74) is 2.81. The van der Waals surface area contributed by atoms with Crippen LogP contribution >= 0.6 is 0 Å². The lowest BCUT2D eigenvalue weighted by Gasteiger charge is -2.30. The van der Waals surface area contributed by atoms with Crippen molar-refractivity contribution in [2.45, 2.75) is 26.3 Å². The molecule has 1 saturated heterocycles. The van der Waals surface area contributed by atoms with Crippen LogP contribution in [-0.4, -0.2) is 23.9 Å². The summed E-state index contributed by atoms with van der Waals surface area (Å²) in [5.74, 6) is 0.717. The maximum absolute atomic E-state index is 12.7. The molecule has 0 radical (unpaired) electrons. The molecule has 0 saturated carbocycles. The van der Waals surface area contributed by atoms with E-state index in [1.165, 1.54) is 31.5 Å². The monoisotopic (exact) mass is 358 g/mol. The molecule has 0 bridgehead atoms. The van der Waals surface area contributed by atoms with Gasteiger partial charge in [0.15, 0.2) is 0 Å². The second-order valence-corrected chi connectivity index (χ2v) is 7.66. The van der Waals surface area contributed by atoms with Gasteiger partial charge in [0.05, 0.1) is 0 Å². The van der Waals surface area contributed by atoms with Crippen molar-refractivity contribution in [3.63, 3.8) is 0 Å². The number of carbonyl (C=O) groups excluding carboxylic acids is 1. The average Bonchev–Trinajstić information content (AvgIpc) is 2.69. The highest BCUT2D eigenvalue weighted by atomic mass is 16.1. The molecule has 1 aliphatic rings. The molecule has 4 rings (SSSR count). The number of nitrogens with zero attached hydrogens (tertiary/aromatic N) is 1. The highest BCUT2D eigenvalue weighted by Crippen LogP contribution is 2.24. The van der Waals surface area contributed by atoms with Crippen LogP contribution in [0.2, 0.25) is 0 Å². The SMILES string of the molecule is C[C@@H]1CCCN(Cc2ccc(C(=O)Nc3cccc4ccccc34)cc2)C1. The third kappa shape index (κ3) is 4.20. The van der Waals surface area contributed by atoms with Gasteiger partial charge in [-0.1, -0.05) is 55.5 Å². The number of nitrogens with one attached hydrogen (secondary N) is 1. The minimum absolute atomic E-state index is 0.0653. The summed E-state index contributed by atoms with van der Waals surface area (Å²) < 4.78 is 0. The smallest absolute Gasteiger partial charge is 0.255 e. The molecule has 138 valence electrons. The van der Waals surface area contributed by atoms with Crippen molar-refractivity contribution in [1.82, 2.24) is 4.90 Å². The minimum atomic E-state index is -0.0653. The Morgan fingerprint density at radius 2 is 1.81 bits per heavy atom. The first-order valence-electron chi connectivity index (χ1n) is 9.79. The number of amides is 1. The Kier molecular flexibility index (Phi) is 5.21. The average molecular weight is 358 g/mol. The minimum Gasteiger partial charge on any atom is -0.321 e. The lowest BCUT2D eigenvalue weighted by molar-refractivity contribution is 0.102. The van der Waals surface area contributed by atoms with Crippen LogP contribution in [0.5, 0.6) is 0 Å². The van der Waals surface area contributed by atoms with Crippen LogP contribution in [0.25, 0.3) is 10.8 Å². The first-order chi connectivity index (χ1) is 13.2. The summed E-state index contributed by atoms with van der Waals surface area (Å²) in [5, 5.41) is 5.24. The van der Waals surface area contributed by atoms with Crippen molar-refractivity contribution >= 4 is 22.4 Å². The number of carbonyl (C=O) groups is 1. The molecular formula is C24H26N2O. The number of likely N-dealkylation sites (tertiary alicyclic amines) is 1. The number of anilines is 1. The normalized spacial score (nSPS) is 17.7. The second kappa shape index (κ2) is 7.93. The summed E-state index contributed by atoms with van der Waals surface area (Å²) in [7, 11) is 0. The van der Waals surface area contributed by atoms with E-state index in [0.717, 1.165) is 28.9 Å². The van der Waals surface area contributed by atoms with Crippen molar-refractivity contribution < 1.29 is 4.79 Å². The molecule has 3 aromatic rings. The molecule has 1 heterocycles. The fourth-order valence-electron chi connectivity index (χ4n) is 3.98. The number of rotatable bonds is 4. The van der Waals surface area contributed by atoms with E-state index in [4.69, 9.17) is 0 Å². The fourth-order valence-corrected chi connectivity index (χ4v) is 3.98. The third-order valence-electron chi connectivity index (χ3n) is 5.40. The Labute approximate surface area is 161 Å². The summed E-state index contributed by atoms with van der Waals surface area (Å²) >= 11 is 0. The first kappa shape index (κ1) is 17.7. The van der Waals surface area contributed by atoms with Crippen molar-refractivity contribution in [3.8, 4) is 0 Å². The summed E-state index contributed by atoms with van der Waals surface area (Å²) in [6.07, 6.45) is 2.62. The molecule has 1 amide bonds. The molecule has 0 aliphatic carbocycles. The van der Waals surface area contributed by atoms with Gasteiger partial charge < -0.3 is 5.32 Å². The Morgan fingerprint density at radius 1 is 1.04 bits per heavy atom. The van der Waals surface area contributed by atoms with Gasteiger partial charge in [0.25, 0.3) is 5.91 Å². The number of benzene rings is 3. The molecule has 27 heavy (non-hydrogen) atoms. The van der Waals surface area contributed by atoms with Gasteiger partial charge in [0, 0.05) is 29.7 Å². The maximum Gasteiger partial charge on any atom is 0.255 e. The summed E-state index contributed by atoms with van der Waals surface area (Å²) in [4.78, 5) is 15.2.